The van der Waals surface area contributed by atoms with E-state index in [1.165, 1.54) is 6.07 Å². The zero-order chi connectivity index (χ0) is 21.5. The summed E-state index contributed by atoms with van der Waals surface area (Å²) in [6.45, 7) is 2.01. The van der Waals surface area contributed by atoms with Crippen molar-refractivity contribution in [2.24, 2.45) is 0 Å². The number of benzene rings is 3. The van der Waals surface area contributed by atoms with Gasteiger partial charge < -0.3 is 18.9 Å². The predicted molar refractivity (Wildman–Crippen MR) is 123 cm³/mol. The van der Waals surface area contributed by atoms with E-state index in [9.17, 15) is 4.79 Å². The fraction of sp³-hybridized carbons (Fsp3) is 0.115. The van der Waals surface area contributed by atoms with Gasteiger partial charge in [-0.05, 0) is 72.1 Å². The van der Waals surface area contributed by atoms with Crippen LogP contribution in [-0.4, -0.2) is 19.2 Å². The number of hydrogen-bond acceptors (Lipinski definition) is 4. The summed E-state index contributed by atoms with van der Waals surface area (Å²) in [6.07, 6.45) is 0. The predicted octanol–water partition coefficient (Wildman–Crippen LogP) is 5.93. The molecular formula is C26H21NO4. The number of aromatic amines is 1. The maximum absolute atomic E-state index is 11.8. The van der Waals surface area contributed by atoms with Gasteiger partial charge in [-0.15, -0.1) is 0 Å². The van der Waals surface area contributed by atoms with Gasteiger partial charge in [-0.25, -0.2) is 4.79 Å². The van der Waals surface area contributed by atoms with Crippen LogP contribution in [0.3, 0.4) is 0 Å². The minimum atomic E-state index is -0.358. The summed E-state index contributed by atoms with van der Waals surface area (Å²) in [5, 5.41) is 1.91. The third-order valence-corrected chi connectivity index (χ3v) is 5.63. The first-order valence-corrected chi connectivity index (χ1v) is 9.97. The van der Waals surface area contributed by atoms with Crippen molar-refractivity contribution in [2.45, 2.75) is 6.92 Å². The Labute approximate surface area is 178 Å². The van der Waals surface area contributed by atoms with Crippen molar-refractivity contribution < 1.29 is 13.9 Å². The fourth-order valence-corrected chi connectivity index (χ4v) is 4.10. The van der Waals surface area contributed by atoms with Crippen LogP contribution in [0.2, 0.25) is 0 Å². The van der Waals surface area contributed by atoms with E-state index < -0.39 is 0 Å². The summed E-state index contributed by atoms with van der Waals surface area (Å²) in [5.74, 6) is 1.59. The standard InChI is InChI=1S/C26H21NO4/c1-15-14-21-20(12-13-22(28)31-21)24-23(16-4-8-18(29-2)9-5-16)26(27-25(15)24)17-6-10-19(30-3)11-7-17/h4-14,27H,1-3H3. The topological polar surface area (TPSA) is 64.5 Å². The van der Waals surface area contributed by atoms with E-state index >= 15 is 0 Å². The molecule has 31 heavy (non-hydrogen) atoms. The summed E-state index contributed by atoms with van der Waals surface area (Å²) in [4.78, 5) is 15.5. The van der Waals surface area contributed by atoms with Crippen LogP contribution in [0.25, 0.3) is 44.3 Å². The van der Waals surface area contributed by atoms with Crippen LogP contribution in [0.1, 0.15) is 5.56 Å². The fourth-order valence-electron chi connectivity index (χ4n) is 4.10. The minimum Gasteiger partial charge on any atom is -0.497 e. The molecule has 1 N–H and O–H groups in total. The van der Waals surface area contributed by atoms with Gasteiger partial charge in [-0.2, -0.15) is 0 Å². The Morgan fingerprint density at radius 2 is 1.42 bits per heavy atom. The second-order valence-corrected chi connectivity index (χ2v) is 7.44. The molecule has 0 atom stereocenters. The maximum atomic E-state index is 11.8. The Morgan fingerprint density at radius 1 is 0.806 bits per heavy atom. The molecule has 0 fully saturated rings. The van der Waals surface area contributed by atoms with Crippen LogP contribution >= 0.6 is 0 Å². The second kappa shape index (κ2) is 7.36. The molecule has 2 aromatic heterocycles. The van der Waals surface area contributed by atoms with E-state index in [0.29, 0.717) is 5.58 Å². The molecule has 0 saturated heterocycles. The molecule has 0 radical (unpaired) electrons. The Hall–Kier alpha value is -3.99. The van der Waals surface area contributed by atoms with Crippen molar-refractivity contribution >= 4 is 21.9 Å². The molecule has 0 amide bonds. The maximum Gasteiger partial charge on any atom is 0.336 e. The van der Waals surface area contributed by atoms with Crippen LogP contribution < -0.4 is 15.1 Å². The number of H-pyrrole nitrogens is 1. The second-order valence-electron chi connectivity index (χ2n) is 7.44. The lowest BCUT2D eigenvalue weighted by Crippen LogP contribution is -1.95. The van der Waals surface area contributed by atoms with Gasteiger partial charge in [0, 0.05) is 22.4 Å². The van der Waals surface area contributed by atoms with Crippen molar-refractivity contribution in [1.82, 2.24) is 4.98 Å². The quantitative estimate of drug-likeness (QED) is 0.372. The van der Waals surface area contributed by atoms with Gasteiger partial charge in [-0.1, -0.05) is 12.1 Å². The highest BCUT2D eigenvalue weighted by Gasteiger charge is 2.20. The van der Waals surface area contributed by atoms with Crippen LogP contribution in [-0.2, 0) is 0 Å². The Kier molecular flexibility index (Phi) is 4.51. The SMILES string of the molecule is COc1ccc(-c2[nH]c3c(C)cc4oc(=O)ccc4c3c2-c2ccc(OC)cc2)cc1. The van der Waals surface area contributed by atoms with Gasteiger partial charge in [0.25, 0.3) is 0 Å². The van der Waals surface area contributed by atoms with Crippen LogP contribution in [0.4, 0.5) is 0 Å². The van der Waals surface area contributed by atoms with E-state index in [-0.39, 0.29) is 5.63 Å². The lowest BCUT2D eigenvalue weighted by atomic mass is 9.95. The van der Waals surface area contributed by atoms with Gasteiger partial charge >= 0.3 is 5.63 Å². The average Bonchev–Trinajstić information content (AvgIpc) is 3.20. The first kappa shape index (κ1) is 19.0. The summed E-state index contributed by atoms with van der Waals surface area (Å²) in [5.41, 5.74) is 6.35. The van der Waals surface area contributed by atoms with Crippen molar-refractivity contribution in [3.8, 4) is 33.9 Å². The van der Waals surface area contributed by atoms with Gasteiger partial charge in [0.15, 0.2) is 0 Å². The lowest BCUT2D eigenvalue weighted by Gasteiger charge is -2.09. The molecule has 5 heteroatoms. The molecule has 2 heterocycles. The number of ether oxygens (including phenoxy) is 2. The monoisotopic (exact) mass is 411 g/mol. The summed E-state index contributed by atoms with van der Waals surface area (Å²) in [7, 11) is 3.31. The number of rotatable bonds is 4. The van der Waals surface area contributed by atoms with Crippen LogP contribution in [0, 0.1) is 6.92 Å². The highest BCUT2D eigenvalue weighted by molar-refractivity contribution is 6.17. The van der Waals surface area contributed by atoms with Gasteiger partial charge in [-0.3, -0.25) is 0 Å². The van der Waals surface area contributed by atoms with Gasteiger partial charge in [0.1, 0.15) is 17.1 Å². The molecule has 0 saturated carbocycles. The number of fused-ring (bicyclic) bond motifs is 3. The van der Waals surface area contributed by atoms with Crippen molar-refractivity contribution in [3.63, 3.8) is 0 Å². The number of aryl methyl sites for hydroxylation is 1. The number of nitrogens with one attached hydrogen (secondary N) is 1. The highest BCUT2D eigenvalue weighted by Crippen LogP contribution is 2.43. The first-order valence-electron chi connectivity index (χ1n) is 9.97. The molecule has 154 valence electrons. The van der Waals surface area contributed by atoms with E-state index in [2.05, 4.69) is 4.98 Å². The van der Waals surface area contributed by atoms with Crippen LogP contribution in [0.15, 0.2) is 75.9 Å². The van der Waals surface area contributed by atoms with Crippen molar-refractivity contribution in [1.29, 1.82) is 0 Å². The number of methoxy groups -OCH3 is 2. The average molecular weight is 411 g/mol. The zero-order valence-corrected chi connectivity index (χ0v) is 17.5. The Morgan fingerprint density at radius 3 is 2.03 bits per heavy atom. The molecule has 0 aliphatic carbocycles. The smallest absolute Gasteiger partial charge is 0.336 e. The first-order chi connectivity index (χ1) is 15.1. The zero-order valence-electron chi connectivity index (χ0n) is 17.5. The molecule has 5 aromatic rings. The van der Waals surface area contributed by atoms with E-state index in [4.69, 9.17) is 13.9 Å². The van der Waals surface area contributed by atoms with Gasteiger partial charge in [0.2, 0.25) is 0 Å². The van der Waals surface area contributed by atoms with Crippen molar-refractivity contribution in [3.05, 3.63) is 82.7 Å². The lowest BCUT2D eigenvalue weighted by molar-refractivity contribution is 0.414. The van der Waals surface area contributed by atoms with Crippen LogP contribution in [0.5, 0.6) is 11.5 Å². The summed E-state index contributed by atoms with van der Waals surface area (Å²) in [6, 6.07) is 21.2. The van der Waals surface area contributed by atoms with E-state index in [1.807, 2.05) is 67.6 Å². The normalized spacial score (nSPS) is 11.2. The Balaban J connectivity index is 1.90. The van der Waals surface area contributed by atoms with Gasteiger partial charge in [0.05, 0.1) is 25.4 Å². The minimum absolute atomic E-state index is 0.358. The molecule has 3 aromatic carbocycles. The molecule has 5 nitrogen and oxygen atoms in total. The highest BCUT2D eigenvalue weighted by atomic mass is 16.5. The van der Waals surface area contributed by atoms with E-state index in [1.54, 1.807) is 14.2 Å². The molecular weight excluding hydrogens is 390 g/mol. The summed E-state index contributed by atoms with van der Waals surface area (Å²) < 4.78 is 16.2. The molecule has 0 unspecified atom stereocenters. The molecule has 0 aliphatic rings. The Bertz CT molecular complexity index is 1460. The molecule has 0 spiro atoms. The number of aromatic nitrogens is 1. The van der Waals surface area contributed by atoms with E-state index in [0.717, 1.165) is 55.7 Å². The molecule has 5 rings (SSSR count). The summed E-state index contributed by atoms with van der Waals surface area (Å²) >= 11 is 0. The molecule has 0 bridgehead atoms. The number of hydrogen-bond donors (Lipinski definition) is 1. The third kappa shape index (κ3) is 3.15. The third-order valence-electron chi connectivity index (χ3n) is 5.63. The molecule has 0 aliphatic heterocycles. The largest absolute Gasteiger partial charge is 0.497 e. The van der Waals surface area contributed by atoms with Crippen molar-refractivity contribution in [2.75, 3.05) is 14.2 Å².